The topological polar surface area (TPSA) is 41.9 Å². The van der Waals surface area contributed by atoms with Gasteiger partial charge < -0.3 is 19.5 Å². The molecule has 4 unspecified atom stereocenters. The van der Waals surface area contributed by atoms with Gasteiger partial charge in [-0.2, -0.15) is 0 Å². The van der Waals surface area contributed by atoms with Gasteiger partial charge in [-0.3, -0.25) is 0 Å². The second-order valence-electron chi connectivity index (χ2n) is 6.41. The molecule has 2 aliphatic heterocycles. The molecule has 1 aromatic carbocycles. The van der Waals surface area contributed by atoms with Crippen LogP contribution in [0.15, 0.2) is 30.3 Å². The van der Waals surface area contributed by atoms with Crippen LogP contribution in [0.4, 0.5) is 0 Å². The highest BCUT2D eigenvalue weighted by molar-refractivity contribution is 5.20. The second kappa shape index (κ2) is 6.05. The molecular weight excluding hydrogens is 266 g/mol. The highest BCUT2D eigenvalue weighted by Crippen LogP contribution is 2.34. The predicted octanol–water partition coefficient (Wildman–Crippen LogP) is 1.98. The Balaban J connectivity index is 1.56. The van der Waals surface area contributed by atoms with Crippen LogP contribution in [0.2, 0.25) is 0 Å². The van der Waals surface area contributed by atoms with E-state index in [1.807, 2.05) is 44.2 Å². The number of hydrogen-bond acceptors (Lipinski definition) is 4. The number of benzene rings is 1. The normalized spacial score (nSPS) is 35.2. The minimum Gasteiger partial charge on any atom is -0.393 e. The van der Waals surface area contributed by atoms with Gasteiger partial charge in [-0.25, -0.2) is 0 Å². The fourth-order valence-corrected chi connectivity index (χ4v) is 3.33. The molecule has 4 atom stereocenters. The molecule has 0 amide bonds. The summed E-state index contributed by atoms with van der Waals surface area (Å²) in [6.07, 6.45) is 0.953. The van der Waals surface area contributed by atoms with Crippen molar-refractivity contribution in [3.8, 4) is 0 Å². The van der Waals surface area contributed by atoms with Gasteiger partial charge in [0.05, 0.1) is 18.8 Å². The van der Waals surface area contributed by atoms with Crippen molar-refractivity contribution in [1.29, 1.82) is 0 Å². The molecule has 0 radical (unpaired) electrons. The zero-order valence-corrected chi connectivity index (χ0v) is 12.9. The summed E-state index contributed by atoms with van der Waals surface area (Å²) >= 11 is 0. The lowest BCUT2D eigenvalue weighted by Gasteiger charge is -2.25. The molecule has 2 heterocycles. The maximum atomic E-state index is 9.68. The van der Waals surface area contributed by atoms with Crippen molar-refractivity contribution in [2.75, 3.05) is 26.2 Å². The van der Waals surface area contributed by atoms with Crippen LogP contribution in [0.1, 0.15) is 25.8 Å². The minimum absolute atomic E-state index is 0.1000. The third kappa shape index (κ3) is 3.29. The number of aliphatic hydroxyl groups is 1. The molecule has 0 spiro atoms. The number of hydrogen-bond donors (Lipinski definition) is 1. The first-order chi connectivity index (χ1) is 10.1. The van der Waals surface area contributed by atoms with E-state index in [0.29, 0.717) is 12.5 Å². The van der Waals surface area contributed by atoms with Crippen LogP contribution < -0.4 is 0 Å². The zero-order chi connectivity index (χ0) is 14.9. The molecule has 2 fully saturated rings. The Morgan fingerprint density at radius 2 is 2.14 bits per heavy atom. The van der Waals surface area contributed by atoms with Crippen molar-refractivity contribution < 1.29 is 14.6 Å². The third-order valence-corrected chi connectivity index (χ3v) is 4.69. The van der Waals surface area contributed by atoms with E-state index in [-0.39, 0.29) is 12.2 Å². The summed E-state index contributed by atoms with van der Waals surface area (Å²) in [7, 11) is 0. The fraction of sp³-hybridized carbons (Fsp3) is 0.647. The first-order valence-electron chi connectivity index (χ1n) is 7.84. The monoisotopic (exact) mass is 291 g/mol. The molecule has 1 aromatic rings. The lowest BCUT2D eigenvalue weighted by Crippen LogP contribution is -2.34. The maximum Gasteiger partial charge on any atom is 0.192 e. The molecule has 1 N–H and O–H groups in total. The van der Waals surface area contributed by atoms with Crippen molar-refractivity contribution >= 4 is 0 Å². The summed E-state index contributed by atoms with van der Waals surface area (Å²) in [4.78, 5) is 2.38. The largest absolute Gasteiger partial charge is 0.393 e. The van der Waals surface area contributed by atoms with Gasteiger partial charge in [0.25, 0.3) is 0 Å². The highest BCUT2D eigenvalue weighted by atomic mass is 16.7. The summed E-state index contributed by atoms with van der Waals surface area (Å²) in [5, 5.41) is 9.68. The van der Waals surface area contributed by atoms with Gasteiger partial charge in [-0.05, 0) is 32.7 Å². The first kappa shape index (κ1) is 15.0. The van der Waals surface area contributed by atoms with E-state index in [9.17, 15) is 5.11 Å². The number of nitrogens with zero attached hydrogens (tertiary/aromatic N) is 1. The van der Waals surface area contributed by atoms with Gasteiger partial charge in [0.1, 0.15) is 0 Å². The quantitative estimate of drug-likeness (QED) is 0.921. The summed E-state index contributed by atoms with van der Waals surface area (Å²) in [5.74, 6) is -0.234. The molecule has 2 aliphatic rings. The molecule has 0 saturated carbocycles. The standard InChI is InChI=1S/C17H25NO3/c1-13(19)14-8-9-18(10-14)11-16-12-20-17(2,21-16)15-6-4-3-5-7-15/h3-7,13-14,16,19H,8-12H2,1-2H3. The highest BCUT2D eigenvalue weighted by Gasteiger charge is 2.40. The van der Waals surface area contributed by atoms with Gasteiger partial charge in [-0.1, -0.05) is 30.3 Å². The third-order valence-electron chi connectivity index (χ3n) is 4.69. The Morgan fingerprint density at radius 3 is 2.81 bits per heavy atom. The van der Waals surface area contributed by atoms with Crippen LogP contribution in [0.25, 0.3) is 0 Å². The lowest BCUT2D eigenvalue weighted by atomic mass is 10.0. The fourth-order valence-electron chi connectivity index (χ4n) is 3.33. The van der Waals surface area contributed by atoms with E-state index < -0.39 is 5.79 Å². The summed E-state index contributed by atoms with van der Waals surface area (Å²) in [6, 6.07) is 10.1. The van der Waals surface area contributed by atoms with Crippen molar-refractivity contribution in [2.45, 2.75) is 38.3 Å². The van der Waals surface area contributed by atoms with Gasteiger partial charge in [0.15, 0.2) is 5.79 Å². The van der Waals surface area contributed by atoms with E-state index in [2.05, 4.69) is 4.90 Å². The van der Waals surface area contributed by atoms with Gasteiger partial charge in [0.2, 0.25) is 0 Å². The Morgan fingerprint density at radius 1 is 1.38 bits per heavy atom. The molecule has 4 heteroatoms. The van der Waals surface area contributed by atoms with E-state index in [0.717, 1.165) is 31.6 Å². The number of rotatable bonds is 4. The van der Waals surface area contributed by atoms with E-state index in [4.69, 9.17) is 9.47 Å². The average molecular weight is 291 g/mol. The molecule has 0 bridgehead atoms. The lowest BCUT2D eigenvalue weighted by molar-refractivity contribution is -0.163. The maximum absolute atomic E-state index is 9.68. The molecule has 4 nitrogen and oxygen atoms in total. The van der Waals surface area contributed by atoms with Gasteiger partial charge >= 0.3 is 0 Å². The Kier molecular flexibility index (Phi) is 4.31. The van der Waals surface area contributed by atoms with Crippen LogP contribution in [-0.4, -0.2) is 48.5 Å². The van der Waals surface area contributed by atoms with Crippen LogP contribution >= 0.6 is 0 Å². The van der Waals surface area contributed by atoms with E-state index >= 15 is 0 Å². The van der Waals surface area contributed by atoms with Crippen LogP contribution in [0.5, 0.6) is 0 Å². The summed E-state index contributed by atoms with van der Waals surface area (Å²) < 4.78 is 12.1. The Bertz CT molecular complexity index is 464. The Labute approximate surface area is 126 Å². The molecule has 21 heavy (non-hydrogen) atoms. The molecule has 2 saturated heterocycles. The second-order valence-corrected chi connectivity index (χ2v) is 6.41. The predicted molar refractivity (Wildman–Crippen MR) is 80.8 cm³/mol. The SMILES string of the molecule is CC(O)C1CCN(CC2COC(C)(c3ccccc3)O2)C1. The molecule has 0 aliphatic carbocycles. The molecule has 116 valence electrons. The van der Waals surface area contributed by atoms with Crippen LogP contribution in [0.3, 0.4) is 0 Å². The van der Waals surface area contributed by atoms with E-state index in [1.165, 1.54) is 0 Å². The van der Waals surface area contributed by atoms with Crippen LogP contribution in [-0.2, 0) is 15.3 Å². The minimum atomic E-state index is -0.630. The van der Waals surface area contributed by atoms with Gasteiger partial charge in [0, 0.05) is 18.7 Å². The van der Waals surface area contributed by atoms with Crippen molar-refractivity contribution in [3.05, 3.63) is 35.9 Å². The average Bonchev–Trinajstić information content (AvgIpc) is 3.09. The van der Waals surface area contributed by atoms with Crippen molar-refractivity contribution in [3.63, 3.8) is 0 Å². The van der Waals surface area contributed by atoms with Gasteiger partial charge in [-0.15, -0.1) is 0 Å². The molecule has 3 rings (SSSR count). The smallest absolute Gasteiger partial charge is 0.192 e. The number of aliphatic hydroxyl groups excluding tert-OH is 1. The summed E-state index contributed by atoms with van der Waals surface area (Å²) in [5.41, 5.74) is 1.07. The Hall–Kier alpha value is -0.940. The molecular formula is C17H25NO3. The van der Waals surface area contributed by atoms with E-state index in [1.54, 1.807) is 0 Å². The van der Waals surface area contributed by atoms with Crippen LogP contribution in [0, 0.1) is 5.92 Å². The van der Waals surface area contributed by atoms with Crippen molar-refractivity contribution in [2.24, 2.45) is 5.92 Å². The zero-order valence-electron chi connectivity index (χ0n) is 12.9. The number of ether oxygens (including phenoxy) is 2. The summed E-state index contributed by atoms with van der Waals surface area (Å²) in [6.45, 7) is 7.38. The van der Waals surface area contributed by atoms with Crippen molar-refractivity contribution in [1.82, 2.24) is 4.90 Å². The number of likely N-dealkylation sites (tertiary alicyclic amines) is 1. The first-order valence-corrected chi connectivity index (χ1v) is 7.84. The molecule has 0 aromatic heterocycles.